The molecule has 1 aromatic rings. The van der Waals surface area contributed by atoms with Gasteiger partial charge in [-0.3, -0.25) is 4.79 Å². The van der Waals surface area contributed by atoms with Crippen molar-refractivity contribution in [3.05, 3.63) is 29.3 Å². The van der Waals surface area contributed by atoms with Gasteiger partial charge in [0, 0.05) is 43.4 Å². The maximum Gasteiger partial charge on any atom is 0.229 e. The number of amides is 1. The zero-order valence-corrected chi connectivity index (χ0v) is 12.9. The monoisotopic (exact) mass is 295 g/mol. The molecule has 1 aliphatic heterocycles. The van der Waals surface area contributed by atoms with E-state index < -0.39 is 5.41 Å². The molecule has 0 saturated carbocycles. The lowest BCUT2D eigenvalue weighted by atomic mass is 9.91. The van der Waals surface area contributed by atoms with Gasteiger partial charge in [-0.2, -0.15) is 0 Å². The number of nitrogens with two attached hydrogens (primary N) is 1. The number of benzene rings is 1. The number of piperazine rings is 1. The van der Waals surface area contributed by atoms with Crippen molar-refractivity contribution in [1.82, 2.24) is 4.90 Å². The summed E-state index contributed by atoms with van der Waals surface area (Å²) in [6, 6.07) is 7.83. The molecule has 0 bridgehead atoms. The van der Waals surface area contributed by atoms with E-state index in [1.54, 1.807) is 0 Å². The van der Waals surface area contributed by atoms with Gasteiger partial charge < -0.3 is 15.5 Å². The van der Waals surface area contributed by atoms with Crippen LogP contribution in [0.25, 0.3) is 0 Å². The Bertz CT molecular complexity index is 482. The predicted molar refractivity (Wildman–Crippen MR) is 83.1 cm³/mol. The quantitative estimate of drug-likeness (QED) is 0.927. The molecular weight excluding hydrogens is 274 g/mol. The van der Waals surface area contributed by atoms with Crippen LogP contribution in [0.5, 0.6) is 0 Å². The van der Waals surface area contributed by atoms with Crippen molar-refractivity contribution in [3.8, 4) is 0 Å². The van der Waals surface area contributed by atoms with Gasteiger partial charge in [0.1, 0.15) is 0 Å². The minimum atomic E-state index is -0.474. The van der Waals surface area contributed by atoms with Crippen LogP contribution in [0.15, 0.2) is 24.3 Å². The van der Waals surface area contributed by atoms with Crippen LogP contribution in [0.2, 0.25) is 5.02 Å². The smallest absolute Gasteiger partial charge is 0.229 e. The number of halogens is 1. The van der Waals surface area contributed by atoms with E-state index >= 15 is 0 Å². The summed E-state index contributed by atoms with van der Waals surface area (Å²) in [5, 5.41) is 0.741. The van der Waals surface area contributed by atoms with Gasteiger partial charge >= 0.3 is 0 Å². The van der Waals surface area contributed by atoms with Crippen LogP contribution in [0.1, 0.15) is 13.8 Å². The number of hydrogen-bond donors (Lipinski definition) is 1. The SMILES string of the molecule is CC(C)(CN)C(=O)N1CCN(c2cccc(Cl)c2)CC1. The van der Waals surface area contributed by atoms with Crippen LogP contribution in [0.3, 0.4) is 0 Å². The molecule has 0 radical (unpaired) electrons. The summed E-state index contributed by atoms with van der Waals surface area (Å²) in [6.45, 7) is 7.29. The van der Waals surface area contributed by atoms with Crippen LogP contribution in [0, 0.1) is 5.41 Å². The fourth-order valence-corrected chi connectivity index (χ4v) is 2.54. The molecule has 1 fully saturated rings. The normalized spacial score (nSPS) is 16.4. The first-order valence-corrected chi connectivity index (χ1v) is 7.32. The van der Waals surface area contributed by atoms with Gasteiger partial charge in [0.05, 0.1) is 5.41 Å². The van der Waals surface area contributed by atoms with Crippen LogP contribution in [-0.2, 0) is 4.79 Å². The van der Waals surface area contributed by atoms with Gasteiger partial charge in [0.25, 0.3) is 0 Å². The Morgan fingerprint density at radius 2 is 1.95 bits per heavy atom. The fourth-order valence-electron chi connectivity index (χ4n) is 2.36. The second kappa shape index (κ2) is 6.02. The number of nitrogens with zero attached hydrogens (tertiary/aromatic N) is 2. The summed E-state index contributed by atoms with van der Waals surface area (Å²) in [7, 11) is 0. The Balaban J connectivity index is 1.98. The van der Waals surface area contributed by atoms with Gasteiger partial charge in [-0.1, -0.05) is 17.7 Å². The first-order chi connectivity index (χ1) is 9.44. The lowest BCUT2D eigenvalue weighted by Crippen LogP contribution is -2.53. The predicted octanol–water partition coefficient (Wildman–Crippen LogP) is 1.97. The van der Waals surface area contributed by atoms with E-state index in [4.69, 9.17) is 17.3 Å². The van der Waals surface area contributed by atoms with E-state index in [-0.39, 0.29) is 5.91 Å². The summed E-state index contributed by atoms with van der Waals surface area (Å²) in [5.74, 6) is 0.144. The molecule has 1 aromatic carbocycles. The van der Waals surface area contributed by atoms with Crippen LogP contribution in [0.4, 0.5) is 5.69 Å². The molecule has 0 atom stereocenters. The highest BCUT2D eigenvalue weighted by Gasteiger charge is 2.32. The van der Waals surface area contributed by atoms with Crippen molar-refractivity contribution < 1.29 is 4.79 Å². The first kappa shape index (κ1) is 15.1. The van der Waals surface area contributed by atoms with Gasteiger partial charge in [0.2, 0.25) is 5.91 Å². The summed E-state index contributed by atoms with van der Waals surface area (Å²) in [4.78, 5) is 16.5. The lowest BCUT2D eigenvalue weighted by molar-refractivity contribution is -0.140. The molecule has 0 spiro atoms. The fraction of sp³-hybridized carbons (Fsp3) is 0.533. The molecular formula is C15H22ClN3O. The Kier molecular flexibility index (Phi) is 4.55. The molecule has 110 valence electrons. The average molecular weight is 296 g/mol. The Hall–Kier alpha value is -1.26. The van der Waals surface area contributed by atoms with Gasteiger partial charge in [0.15, 0.2) is 0 Å². The molecule has 0 aliphatic carbocycles. The lowest BCUT2D eigenvalue weighted by Gasteiger charge is -2.39. The summed E-state index contributed by atoms with van der Waals surface area (Å²) < 4.78 is 0. The molecule has 0 unspecified atom stereocenters. The van der Waals surface area contributed by atoms with E-state index in [9.17, 15) is 4.79 Å². The van der Waals surface area contributed by atoms with Crippen LogP contribution >= 0.6 is 11.6 Å². The van der Waals surface area contributed by atoms with E-state index in [0.717, 1.165) is 36.9 Å². The van der Waals surface area contributed by atoms with E-state index in [2.05, 4.69) is 4.90 Å². The minimum absolute atomic E-state index is 0.144. The van der Waals surface area contributed by atoms with Crippen LogP contribution < -0.4 is 10.6 Å². The number of anilines is 1. The highest BCUT2D eigenvalue weighted by atomic mass is 35.5. The molecule has 4 nitrogen and oxygen atoms in total. The van der Waals surface area contributed by atoms with Gasteiger partial charge in [-0.15, -0.1) is 0 Å². The number of hydrogen-bond acceptors (Lipinski definition) is 3. The van der Waals surface area contributed by atoms with Crippen LogP contribution in [-0.4, -0.2) is 43.5 Å². The van der Waals surface area contributed by atoms with Crippen molar-refractivity contribution in [2.45, 2.75) is 13.8 Å². The van der Waals surface area contributed by atoms with Gasteiger partial charge in [-0.25, -0.2) is 0 Å². The molecule has 1 amide bonds. The average Bonchev–Trinajstić information content (AvgIpc) is 2.46. The van der Waals surface area contributed by atoms with E-state index in [0.29, 0.717) is 6.54 Å². The molecule has 1 heterocycles. The third-order valence-corrected chi connectivity index (χ3v) is 4.06. The summed E-state index contributed by atoms with van der Waals surface area (Å²) in [5.41, 5.74) is 6.32. The van der Waals surface area contributed by atoms with Crippen molar-refractivity contribution in [1.29, 1.82) is 0 Å². The number of rotatable bonds is 3. The minimum Gasteiger partial charge on any atom is -0.368 e. The zero-order valence-electron chi connectivity index (χ0n) is 12.1. The number of carbonyl (C=O) groups excluding carboxylic acids is 1. The molecule has 20 heavy (non-hydrogen) atoms. The topological polar surface area (TPSA) is 49.6 Å². The Labute approximate surface area is 125 Å². The summed E-state index contributed by atoms with van der Waals surface area (Å²) in [6.07, 6.45) is 0. The zero-order chi connectivity index (χ0) is 14.8. The third-order valence-electron chi connectivity index (χ3n) is 3.83. The molecule has 5 heteroatoms. The molecule has 2 N–H and O–H groups in total. The molecule has 0 aromatic heterocycles. The second-order valence-corrected chi connectivity index (χ2v) is 6.28. The third kappa shape index (κ3) is 3.25. The first-order valence-electron chi connectivity index (χ1n) is 6.94. The summed E-state index contributed by atoms with van der Waals surface area (Å²) >= 11 is 6.02. The maximum atomic E-state index is 12.4. The van der Waals surface area contributed by atoms with E-state index in [1.165, 1.54) is 0 Å². The Morgan fingerprint density at radius 1 is 1.30 bits per heavy atom. The Morgan fingerprint density at radius 3 is 2.50 bits per heavy atom. The van der Waals surface area contributed by atoms with E-state index in [1.807, 2.05) is 43.0 Å². The molecule has 1 aliphatic rings. The molecule has 1 saturated heterocycles. The van der Waals surface area contributed by atoms with Gasteiger partial charge in [-0.05, 0) is 32.0 Å². The van der Waals surface area contributed by atoms with Crippen molar-refractivity contribution >= 4 is 23.2 Å². The maximum absolute atomic E-state index is 12.4. The molecule has 2 rings (SSSR count). The highest BCUT2D eigenvalue weighted by molar-refractivity contribution is 6.30. The highest BCUT2D eigenvalue weighted by Crippen LogP contribution is 2.23. The van der Waals surface area contributed by atoms with Crippen molar-refractivity contribution in [2.24, 2.45) is 11.1 Å². The largest absolute Gasteiger partial charge is 0.368 e. The van der Waals surface area contributed by atoms with Crippen molar-refractivity contribution in [2.75, 3.05) is 37.6 Å². The standard InChI is InChI=1S/C15H22ClN3O/c1-15(2,11-17)14(20)19-8-6-18(7-9-19)13-5-3-4-12(16)10-13/h3-5,10H,6-9,11,17H2,1-2H3. The van der Waals surface area contributed by atoms with Crippen molar-refractivity contribution in [3.63, 3.8) is 0 Å². The second-order valence-electron chi connectivity index (χ2n) is 5.85. The number of carbonyl (C=O) groups is 1.